The number of hydrogen-bond donors (Lipinski definition) is 3. The highest BCUT2D eigenvalue weighted by Gasteiger charge is 2.32. The van der Waals surface area contributed by atoms with Crippen LogP contribution in [-0.2, 0) is 17.4 Å². The van der Waals surface area contributed by atoms with Gasteiger partial charge in [0.2, 0.25) is 6.17 Å². The molecular formula is C25H19F3N6O3. The maximum atomic E-state index is 13.1. The number of fused-ring (bicyclic) bond motifs is 1. The molecule has 5 rings (SSSR count). The Morgan fingerprint density at radius 3 is 2.57 bits per heavy atom. The molecule has 12 heteroatoms. The van der Waals surface area contributed by atoms with E-state index in [0.29, 0.717) is 17.6 Å². The van der Waals surface area contributed by atoms with Crippen LogP contribution in [0.15, 0.2) is 76.3 Å². The first kappa shape index (κ1) is 24.1. The van der Waals surface area contributed by atoms with E-state index in [4.69, 9.17) is 4.42 Å². The predicted octanol–water partition coefficient (Wildman–Crippen LogP) is 3.91. The van der Waals surface area contributed by atoms with Crippen LogP contribution in [0.25, 0.3) is 11.6 Å². The lowest BCUT2D eigenvalue weighted by Gasteiger charge is -2.11. The van der Waals surface area contributed by atoms with Gasteiger partial charge in [0.05, 0.1) is 17.0 Å². The van der Waals surface area contributed by atoms with Crippen LogP contribution in [-0.4, -0.2) is 44.7 Å². The van der Waals surface area contributed by atoms with Crippen molar-refractivity contribution in [2.45, 2.75) is 18.8 Å². The number of aliphatic imine (C=N–C) groups is 1. The van der Waals surface area contributed by atoms with E-state index in [0.717, 1.165) is 17.2 Å². The summed E-state index contributed by atoms with van der Waals surface area (Å²) in [5.74, 6) is -0.656. The van der Waals surface area contributed by atoms with E-state index in [-0.39, 0.29) is 29.6 Å². The minimum absolute atomic E-state index is 0.00574. The van der Waals surface area contributed by atoms with Gasteiger partial charge in [-0.1, -0.05) is 53.6 Å². The summed E-state index contributed by atoms with van der Waals surface area (Å²) in [4.78, 5) is 21.5. The summed E-state index contributed by atoms with van der Waals surface area (Å²) in [6.45, 7) is -0.408. The molecule has 1 amide bonds. The maximum absolute atomic E-state index is 13.1. The molecule has 0 bridgehead atoms. The number of carbonyl (C=O) groups is 1. The number of benzene rings is 2. The third-order valence-electron chi connectivity index (χ3n) is 5.56. The lowest BCUT2D eigenvalue weighted by Crippen LogP contribution is -2.32. The van der Waals surface area contributed by atoms with Crippen LogP contribution >= 0.6 is 0 Å². The minimum Gasteiger partial charge on any atom is -0.402 e. The van der Waals surface area contributed by atoms with Gasteiger partial charge in [-0.3, -0.25) is 9.78 Å². The van der Waals surface area contributed by atoms with Gasteiger partial charge in [-0.05, 0) is 24.1 Å². The third kappa shape index (κ3) is 5.05. The summed E-state index contributed by atoms with van der Waals surface area (Å²) in [6.07, 6.45) is -5.21. The number of rotatable bonds is 6. The van der Waals surface area contributed by atoms with Crippen LogP contribution < -0.4 is 10.6 Å². The minimum atomic E-state index is -4.60. The number of amides is 1. The summed E-state index contributed by atoms with van der Waals surface area (Å²) >= 11 is 0. The first-order valence-electron chi connectivity index (χ1n) is 11.1. The molecule has 1 aliphatic rings. The van der Waals surface area contributed by atoms with Gasteiger partial charge < -0.3 is 20.2 Å². The molecule has 1 aliphatic heterocycles. The van der Waals surface area contributed by atoms with Gasteiger partial charge in [0.15, 0.2) is 0 Å². The summed E-state index contributed by atoms with van der Waals surface area (Å²) in [5, 5.41) is 22.7. The highest BCUT2D eigenvalue weighted by Crippen LogP contribution is 2.32. The Kier molecular flexibility index (Phi) is 6.40. The van der Waals surface area contributed by atoms with E-state index in [2.05, 4.69) is 30.8 Å². The van der Waals surface area contributed by atoms with E-state index >= 15 is 0 Å². The zero-order valence-corrected chi connectivity index (χ0v) is 19.0. The summed E-state index contributed by atoms with van der Waals surface area (Å²) in [6, 6.07) is 17.2. The van der Waals surface area contributed by atoms with Crippen LogP contribution in [0.2, 0.25) is 0 Å². The monoisotopic (exact) mass is 508 g/mol. The highest BCUT2D eigenvalue weighted by molar-refractivity contribution is 6.19. The normalized spacial score (nSPS) is 15.4. The second-order valence-corrected chi connectivity index (χ2v) is 8.04. The van der Waals surface area contributed by atoms with Gasteiger partial charge in [0.25, 0.3) is 11.8 Å². The highest BCUT2D eigenvalue weighted by atomic mass is 19.4. The molecule has 2 aromatic heterocycles. The standard InChI is InChI=1S/C25H19F3N6O3/c26-25(27,28)16-12-15(10-11-35)20(29-13-16)23-33-34-24(37-23)32-21-22(36)30-18-9-5-4-8-17(18)19(31-21)14-6-2-1-3-7-14/h1-9,12-13,21,35H,10-11H2,(H,30,36)(H,32,34)/t21-/m1/s1. The smallest absolute Gasteiger partial charge is 0.402 e. The molecule has 0 saturated carbocycles. The number of carbonyl (C=O) groups excluding carboxylic acids is 1. The molecule has 9 nitrogen and oxygen atoms in total. The lowest BCUT2D eigenvalue weighted by atomic mass is 10.0. The predicted molar refractivity (Wildman–Crippen MR) is 128 cm³/mol. The first-order valence-corrected chi connectivity index (χ1v) is 11.1. The number of aliphatic hydroxyl groups is 1. The van der Waals surface area contributed by atoms with Gasteiger partial charge in [0.1, 0.15) is 5.69 Å². The number of nitrogens with zero attached hydrogens (tertiary/aromatic N) is 4. The zero-order valence-electron chi connectivity index (χ0n) is 19.0. The van der Waals surface area contributed by atoms with Crippen molar-refractivity contribution in [2.75, 3.05) is 17.2 Å². The number of benzodiazepines with no additional fused rings is 1. The fourth-order valence-corrected chi connectivity index (χ4v) is 3.84. The number of alkyl halides is 3. The molecule has 2 aromatic carbocycles. The average molecular weight is 508 g/mol. The number of hydrogen-bond acceptors (Lipinski definition) is 8. The lowest BCUT2D eigenvalue weighted by molar-refractivity contribution is -0.137. The van der Waals surface area contributed by atoms with Crippen LogP contribution in [0.1, 0.15) is 22.3 Å². The third-order valence-corrected chi connectivity index (χ3v) is 5.56. The average Bonchev–Trinajstić information content (AvgIpc) is 3.30. The molecule has 0 unspecified atom stereocenters. The fourth-order valence-electron chi connectivity index (χ4n) is 3.84. The maximum Gasteiger partial charge on any atom is 0.417 e. The molecule has 4 aromatic rings. The van der Waals surface area contributed by atoms with Gasteiger partial charge >= 0.3 is 12.2 Å². The number of pyridine rings is 1. The van der Waals surface area contributed by atoms with Crippen LogP contribution in [0, 0.1) is 0 Å². The van der Waals surface area contributed by atoms with Crippen LogP contribution in [0.4, 0.5) is 24.9 Å². The van der Waals surface area contributed by atoms with E-state index in [1.54, 1.807) is 12.1 Å². The molecule has 3 heterocycles. The topological polar surface area (TPSA) is 126 Å². The second kappa shape index (κ2) is 9.82. The van der Waals surface area contributed by atoms with Crippen molar-refractivity contribution in [3.05, 3.63) is 89.1 Å². The van der Waals surface area contributed by atoms with Gasteiger partial charge in [-0.25, -0.2) is 4.99 Å². The Hall–Kier alpha value is -4.58. The molecule has 0 radical (unpaired) electrons. The molecule has 0 spiro atoms. The number of aromatic nitrogens is 3. The molecule has 0 fully saturated rings. The van der Waals surface area contributed by atoms with Crippen molar-refractivity contribution >= 4 is 23.3 Å². The largest absolute Gasteiger partial charge is 0.417 e. The number of nitrogens with one attached hydrogen (secondary N) is 2. The Bertz CT molecular complexity index is 1470. The Morgan fingerprint density at radius 1 is 1.05 bits per heavy atom. The SMILES string of the molecule is O=C1Nc2ccccc2C(c2ccccc2)=N[C@@H]1Nc1nnc(-c2ncc(C(F)(F)F)cc2CCO)o1. The second-order valence-electron chi connectivity index (χ2n) is 8.04. The van der Waals surface area contributed by atoms with Crippen molar-refractivity contribution in [1.29, 1.82) is 0 Å². The van der Waals surface area contributed by atoms with Gasteiger partial charge in [-0.2, -0.15) is 13.2 Å². The molecule has 3 N–H and O–H groups in total. The number of halogens is 3. The quantitative estimate of drug-likeness (QED) is 0.361. The molecule has 0 saturated heterocycles. The van der Waals surface area contributed by atoms with Crippen LogP contribution in [0.5, 0.6) is 0 Å². The Labute approximate surface area is 208 Å². The zero-order chi connectivity index (χ0) is 26.0. The van der Waals surface area contributed by atoms with E-state index in [9.17, 15) is 23.1 Å². The number of para-hydroxylation sites is 1. The van der Waals surface area contributed by atoms with Crippen molar-refractivity contribution in [3.8, 4) is 11.6 Å². The molecule has 37 heavy (non-hydrogen) atoms. The molecular weight excluding hydrogens is 489 g/mol. The van der Waals surface area contributed by atoms with E-state index < -0.39 is 30.4 Å². The van der Waals surface area contributed by atoms with E-state index in [1.165, 1.54) is 0 Å². The molecule has 188 valence electrons. The Morgan fingerprint density at radius 2 is 1.81 bits per heavy atom. The summed E-state index contributed by atoms with van der Waals surface area (Å²) in [7, 11) is 0. The number of anilines is 2. The van der Waals surface area contributed by atoms with Crippen molar-refractivity contribution < 1.29 is 27.5 Å². The van der Waals surface area contributed by atoms with Gasteiger partial charge in [0, 0.05) is 23.9 Å². The van der Waals surface area contributed by atoms with Crippen molar-refractivity contribution in [3.63, 3.8) is 0 Å². The van der Waals surface area contributed by atoms with Gasteiger partial charge in [-0.15, -0.1) is 5.10 Å². The summed E-state index contributed by atoms with van der Waals surface area (Å²) < 4.78 is 44.9. The van der Waals surface area contributed by atoms with Crippen molar-refractivity contribution in [2.24, 2.45) is 4.99 Å². The fraction of sp³-hybridized carbons (Fsp3) is 0.160. The van der Waals surface area contributed by atoms with Crippen LogP contribution in [0.3, 0.4) is 0 Å². The Balaban J connectivity index is 1.48. The number of aliphatic hydroxyl groups excluding tert-OH is 1. The first-order chi connectivity index (χ1) is 17.8. The van der Waals surface area contributed by atoms with Crippen molar-refractivity contribution in [1.82, 2.24) is 15.2 Å². The molecule has 1 atom stereocenters. The summed E-state index contributed by atoms with van der Waals surface area (Å²) in [5.41, 5.74) is 1.75. The van der Waals surface area contributed by atoms with E-state index in [1.807, 2.05) is 42.5 Å². The molecule has 0 aliphatic carbocycles.